The van der Waals surface area contributed by atoms with E-state index in [4.69, 9.17) is 0 Å². The molecule has 0 radical (unpaired) electrons. The Morgan fingerprint density at radius 2 is 1.70 bits per heavy atom. The van der Waals surface area contributed by atoms with Gasteiger partial charge < -0.3 is 15.1 Å². The molecule has 1 heterocycles. The van der Waals surface area contributed by atoms with Crippen molar-refractivity contribution >= 4 is 29.0 Å². The van der Waals surface area contributed by atoms with Gasteiger partial charge in [-0.25, -0.2) is 4.79 Å². The lowest BCUT2D eigenvalue weighted by Gasteiger charge is -2.28. The summed E-state index contributed by atoms with van der Waals surface area (Å²) in [7, 11) is 0. The van der Waals surface area contributed by atoms with Gasteiger partial charge in [0.05, 0.1) is 6.54 Å². The van der Waals surface area contributed by atoms with Gasteiger partial charge in [0.1, 0.15) is 6.54 Å². The number of amides is 3. The van der Waals surface area contributed by atoms with Gasteiger partial charge in [0.15, 0.2) is 0 Å². The molecule has 0 saturated heterocycles. The number of carbonyl (C=O) groups excluding carboxylic acids is 2. The number of hydrogen-bond acceptors (Lipinski definition) is 3. The number of anilines is 1. The third-order valence-corrected chi connectivity index (χ3v) is 6.89. The van der Waals surface area contributed by atoms with Crippen molar-refractivity contribution < 1.29 is 9.59 Å². The Bertz CT molecular complexity index is 1090. The maximum absolute atomic E-state index is 13.5. The molecular formula is C27H31N3O2S. The maximum atomic E-state index is 13.5. The fraction of sp³-hybridized carbons (Fsp3) is 0.333. The molecule has 172 valence electrons. The van der Waals surface area contributed by atoms with Crippen molar-refractivity contribution in [3.63, 3.8) is 0 Å². The molecule has 1 aliphatic carbocycles. The van der Waals surface area contributed by atoms with Crippen molar-refractivity contribution in [1.82, 2.24) is 9.80 Å². The molecule has 0 spiro atoms. The van der Waals surface area contributed by atoms with Gasteiger partial charge >= 0.3 is 6.03 Å². The van der Waals surface area contributed by atoms with E-state index in [-0.39, 0.29) is 24.5 Å². The lowest BCUT2D eigenvalue weighted by atomic mass is 10.1. The Labute approximate surface area is 200 Å². The molecule has 1 aromatic heterocycles. The van der Waals surface area contributed by atoms with Crippen molar-refractivity contribution in [3.8, 4) is 0 Å². The first-order chi connectivity index (χ1) is 16.0. The van der Waals surface area contributed by atoms with Gasteiger partial charge in [-0.2, -0.15) is 0 Å². The van der Waals surface area contributed by atoms with Crippen LogP contribution in [0.15, 0.2) is 66.7 Å². The summed E-state index contributed by atoms with van der Waals surface area (Å²) < 4.78 is 0. The summed E-state index contributed by atoms with van der Waals surface area (Å²) in [6.07, 6.45) is 2.72. The highest BCUT2D eigenvalue weighted by atomic mass is 32.1. The first kappa shape index (κ1) is 23.1. The minimum Gasteiger partial charge on any atom is -0.332 e. The van der Waals surface area contributed by atoms with Crippen LogP contribution in [0.5, 0.6) is 0 Å². The Hall–Kier alpha value is -3.12. The van der Waals surface area contributed by atoms with E-state index in [1.807, 2.05) is 59.5 Å². The largest absolute Gasteiger partial charge is 0.332 e. The van der Waals surface area contributed by atoms with Crippen molar-refractivity contribution in [1.29, 1.82) is 0 Å². The predicted molar refractivity (Wildman–Crippen MR) is 134 cm³/mol. The average molecular weight is 462 g/mol. The topological polar surface area (TPSA) is 52.7 Å². The minimum absolute atomic E-state index is 0.0317. The zero-order chi connectivity index (χ0) is 23.2. The molecule has 33 heavy (non-hydrogen) atoms. The van der Waals surface area contributed by atoms with E-state index in [0.29, 0.717) is 13.1 Å². The van der Waals surface area contributed by atoms with Crippen LogP contribution in [0.1, 0.15) is 40.6 Å². The van der Waals surface area contributed by atoms with Crippen LogP contribution in [0.3, 0.4) is 0 Å². The summed E-state index contributed by atoms with van der Waals surface area (Å²) in [5.74, 6) is -0.0317. The normalized spacial score (nSPS) is 12.9. The van der Waals surface area contributed by atoms with Gasteiger partial charge in [-0.1, -0.05) is 55.5 Å². The Kier molecular flexibility index (Phi) is 7.45. The Morgan fingerprint density at radius 3 is 2.36 bits per heavy atom. The number of nitrogens with one attached hydrogen (secondary N) is 1. The molecule has 1 N–H and O–H groups in total. The molecule has 1 aliphatic rings. The lowest BCUT2D eigenvalue weighted by molar-refractivity contribution is -0.133. The van der Waals surface area contributed by atoms with Crippen LogP contribution in [-0.4, -0.2) is 34.3 Å². The number of rotatable bonds is 9. The molecule has 3 amide bonds. The van der Waals surface area contributed by atoms with Gasteiger partial charge in [0.25, 0.3) is 0 Å². The molecule has 3 aromatic rings. The van der Waals surface area contributed by atoms with Crippen LogP contribution < -0.4 is 5.32 Å². The molecule has 5 nitrogen and oxygen atoms in total. The standard InChI is InChI=1S/C27H31N3O2S/c1-3-22-11-7-8-12-25(22)28-27(32)30(23-14-15-23)19-26(31)29(17-21-9-5-4-6-10-21)18-24-16-13-20(2)33-24/h4-13,16,23H,3,14-15,17-19H2,1-2H3,(H,28,32). The first-order valence-electron chi connectivity index (χ1n) is 11.6. The second kappa shape index (κ2) is 10.7. The molecule has 4 rings (SSSR count). The van der Waals surface area contributed by atoms with Crippen molar-refractivity contribution in [2.24, 2.45) is 0 Å². The first-order valence-corrected chi connectivity index (χ1v) is 12.4. The summed E-state index contributed by atoms with van der Waals surface area (Å²) in [6.45, 7) is 5.30. The number of aryl methyl sites for hydroxylation is 2. The van der Waals surface area contributed by atoms with Crippen LogP contribution in [0.4, 0.5) is 10.5 Å². The second-order valence-electron chi connectivity index (χ2n) is 8.55. The summed E-state index contributed by atoms with van der Waals surface area (Å²) >= 11 is 1.71. The number of benzene rings is 2. The van der Waals surface area contributed by atoms with Gasteiger partial charge in [-0.05, 0) is 55.5 Å². The van der Waals surface area contributed by atoms with E-state index in [1.54, 1.807) is 16.2 Å². The highest BCUT2D eigenvalue weighted by Gasteiger charge is 2.35. The zero-order valence-corrected chi connectivity index (χ0v) is 20.1. The Morgan fingerprint density at radius 1 is 0.970 bits per heavy atom. The molecule has 0 aliphatic heterocycles. The van der Waals surface area contributed by atoms with Crippen molar-refractivity contribution in [3.05, 3.63) is 87.6 Å². The van der Waals surface area contributed by atoms with Crippen molar-refractivity contribution in [2.45, 2.75) is 52.2 Å². The number of para-hydroxylation sites is 1. The van der Waals surface area contributed by atoms with Crippen molar-refractivity contribution in [2.75, 3.05) is 11.9 Å². The quantitative estimate of drug-likeness (QED) is 0.435. The van der Waals surface area contributed by atoms with Gasteiger partial charge in [0.2, 0.25) is 5.91 Å². The summed E-state index contributed by atoms with van der Waals surface area (Å²) in [6, 6.07) is 22.0. The summed E-state index contributed by atoms with van der Waals surface area (Å²) in [5.41, 5.74) is 2.99. The number of carbonyl (C=O) groups is 2. The average Bonchev–Trinajstić information content (AvgIpc) is 3.58. The van der Waals surface area contributed by atoms with E-state index in [1.165, 1.54) is 4.88 Å². The van der Waals surface area contributed by atoms with E-state index in [0.717, 1.165) is 41.0 Å². The van der Waals surface area contributed by atoms with Gasteiger partial charge in [-0.15, -0.1) is 11.3 Å². The van der Waals surface area contributed by atoms with E-state index >= 15 is 0 Å². The van der Waals surface area contributed by atoms with E-state index < -0.39 is 0 Å². The molecule has 0 unspecified atom stereocenters. The summed E-state index contributed by atoms with van der Waals surface area (Å²) in [4.78, 5) is 32.6. The van der Waals surface area contributed by atoms with E-state index in [9.17, 15) is 9.59 Å². The molecule has 0 atom stereocenters. The SMILES string of the molecule is CCc1ccccc1NC(=O)N(CC(=O)N(Cc1ccccc1)Cc1ccc(C)s1)C1CC1. The van der Waals surface area contributed by atoms with Crippen LogP contribution in [0.25, 0.3) is 0 Å². The third-order valence-electron chi connectivity index (χ3n) is 5.91. The van der Waals surface area contributed by atoms with Gasteiger partial charge in [0, 0.05) is 28.0 Å². The highest BCUT2D eigenvalue weighted by Crippen LogP contribution is 2.28. The summed E-state index contributed by atoms with van der Waals surface area (Å²) in [5, 5.41) is 3.05. The number of urea groups is 1. The maximum Gasteiger partial charge on any atom is 0.322 e. The van der Waals surface area contributed by atoms with Crippen LogP contribution in [0.2, 0.25) is 0 Å². The van der Waals surface area contributed by atoms with Crippen LogP contribution in [0, 0.1) is 6.92 Å². The fourth-order valence-electron chi connectivity index (χ4n) is 3.93. The fourth-order valence-corrected chi connectivity index (χ4v) is 4.84. The highest BCUT2D eigenvalue weighted by molar-refractivity contribution is 7.11. The number of hydrogen-bond donors (Lipinski definition) is 1. The number of nitrogens with zero attached hydrogens (tertiary/aromatic N) is 2. The molecule has 1 fully saturated rings. The Balaban J connectivity index is 1.49. The van der Waals surface area contributed by atoms with E-state index in [2.05, 4.69) is 31.3 Å². The van der Waals surface area contributed by atoms with Crippen LogP contribution in [-0.2, 0) is 24.3 Å². The monoisotopic (exact) mass is 461 g/mol. The third kappa shape index (κ3) is 6.23. The number of thiophene rings is 1. The predicted octanol–water partition coefficient (Wildman–Crippen LogP) is 5.84. The van der Waals surface area contributed by atoms with Crippen LogP contribution >= 0.6 is 11.3 Å². The van der Waals surface area contributed by atoms with Gasteiger partial charge in [-0.3, -0.25) is 4.79 Å². The minimum atomic E-state index is -0.196. The lowest BCUT2D eigenvalue weighted by Crippen LogP contribution is -2.45. The molecule has 1 saturated carbocycles. The molecule has 0 bridgehead atoms. The molecule has 2 aromatic carbocycles. The second-order valence-corrected chi connectivity index (χ2v) is 9.92. The zero-order valence-electron chi connectivity index (χ0n) is 19.3. The molecular weight excluding hydrogens is 430 g/mol. The molecule has 6 heteroatoms. The smallest absolute Gasteiger partial charge is 0.322 e.